The Balaban J connectivity index is 4.02. The zero-order valence-corrected chi connectivity index (χ0v) is 8.26. The van der Waals surface area contributed by atoms with Crippen molar-refractivity contribution in [3.63, 3.8) is 0 Å². The smallest absolute Gasteiger partial charge is 0.308 e. The first kappa shape index (κ1) is 11.4. The van der Waals surface area contributed by atoms with Gasteiger partial charge in [0.1, 0.15) is 0 Å². The highest BCUT2D eigenvalue weighted by Gasteiger charge is 2.27. The Kier molecular flexibility index (Phi) is 4.24. The third-order valence-electron chi connectivity index (χ3n) is 2.40. The topological polar surface area (TPSA) is 46.5 Å². The first-order chi connectivity index (χ1) is 5.44. The van der Waals surface area contributed by atoms with Gasteiger partial charge >= 0.3 is 5.97 Å². The van der Waals surface area contributed by atoms with Gasteiger partial charge in [0.05, 0.1) is 19.6 Å². The van der Waals surface area contributed by atoms with E-state index in [4.69, 9.17) is 0 Å². The Hall–Kier alpha value is -0.570. The van der Waals surface area contributed by atoms with Crippen LogP contribution in [0.1, 0.15) is 33.6 Å². The molecule has 0 bridgehead atoms. The average molecular weight is 174 g/mol. The summed E-state index contributed by atoms with van der Waals surface area (Å²) in [6, 6.07) is 0. The van der Waals surface area contributed by atoms with E-state index >= 15 is 0 Å². The van der Waals surface area contributed by atoms with E-state index in [1.54, 1.807) is 0 Å². The van der Waals surface area contributed by atoms with Gasteiger partial charge in [-0.15, -0.1) is 0 Å². The number of hydrogen-bond donors (Lipinski definition) is 1. The molecule has 3 heteroatoms. The minimum Gasteiger partial charge on any atom is -0.469 e. The predicted molar refractivity (Wildman–Crippen MR) is 46.7 cm³/mol. The molecule has 0 amide bonds. The molecular formula is C9H18O3. The Bertz CT molecular complexity index is 152. The molecule has 72 valence electrons. The summed E-state index contributed by atoms with van der Waals surface area (Å²) in [6.07, 6.45) is 0.303. The quantitative estimate of drug-likeness (QED) is 0.654. The van der Waals surface area contributed by atoms with Gasteiger partial charge in [-0.05, 0) is 11.8 Å². The first-order valence-corrected chi connectivity index (χ1v) is 4.19. The van der Waals surface area contributed by atoms with Crippen molar-refractivity contribution in [2.45, 2.75) is 39.7 Å². The number of ether oxygens (including phenoxy) is 1. The molecule has 3 nitrogen and oxygen atoms in total. The zero-order chi connectivity index (χ0) is 9.78. The van der Waals surface area contributed by atoms with Crippen molar-refractivity contribution in [3.8, 4) is 0 Å². The van der Waals surface area contributed by atoms with E-state index in [9.17, 15) is 9.90 Å². The number of rotatable bonds is 4. The van der Waals surface area contributed by atoms with E-state index in [0.717, 1.165) is 6.42 Å². The lowest BCUT2D eigenvalue weighted by Crippen LogP contribution is -2.31. The highest BCUT2D eigenvalue weighted by Crippen LogP contribution is 2.26. The van der Waals surface area contributed by atoms with Gasteiger partial charge in [-0.25, -0.2) is 0 Å². The van der Waals surface area contributed by atoms with Crippen LogP contribution in [0.5, 0.6) is 0 Å². The van der Waals surface area contributed by atoms with Crippen molar-refractivity contribution < 1.29 is 14.6 Å². The second-order valence-corrected chi connectivity index (χ2v) is 3.64. The van der Waals surface area contributed by atoms with E-state index in [0.29, 0.717) is 0 Å². The van der Waals surface area contributed by atoms with Gasteiger partial charge in [-0.2, -0.15) is 0 Å². The van der Waals surface area contributed by atoms with Crippen LogP contribution in [-0.2, 0) is 9.53 Å². The first-order valence-electron chi connectivity index (χ1n) is 4.19. The molecule has 0 rings (SSSR count). The minimum absolute atomic E-state index is 0.0807. The molecule has 0 unspecified atom stereocenters. The van der Waals surface area contributed by atoms with Gasteiger partial charge in [0.25, 0.3) is 0 Å². The number of aliphatic hydroxyl groups excluding tert-OH is 1. The van der Waals surface area contributed by atoms with Crippen molar-refractivity contribution in [2.24, 2.45) is 5.41 Å². The van der Waals surface area contributed by atoms with E-state index in [1.807, 2.05) is 20.8 Å². The molecule has 0 radical (unpaired) electrons. The van der Waals surface area contributed by atoms with Crippen molar-refractivity contribution in [3.05, 3.63) is 0 Å². The monoisotopic (exact) mass is 174 g/mol. The third-order valence-corrected chi connectivity index (χ3v) is 2.40. The molecular weight excluding hydrogens is 156 g/mol. The second-order valence-electron chi connectivity index (χ2n) is 3.64. The van der Waals surface area contributed by atoms with Crippen molar-refractivity contribution >= 4 is 5.97 Å². The summed E-state index contributed by atoms with van der Waals surface area (Å²) in [4.78, 5) is 10.8. The van der Waals surface area contributed by atoms with Gasteiger partial charge in [0.2, 0.25) is 0 Å². The lowest BCUT2D eigenvalue weighted by Gasteiger charge is -2.28. The molecule has 12 heavy (non-hydrogen) atoms. The van der Waals surface area contributed by atoms with Crippen LogP contribution in [0.25, 0.3) is 0 Å². The number of carbonyl (C=O) groups is 1. The van der Waals surface area contributed by atoms with Crippen LogP contribution in [0, 0.1) is 5.41 Å². The van der Waals surface area contributed by atoms with Crippen molar-refractivity contribution in [2.75, 3.05) is 7.11 Å². The summed E-state index contributed by atoms with van der Waals surface area (Å²) in [5, 5.41) is 9.58. The number of methoxy groups -OCH3 is 1. The fourth-order valence-electron chi connectivity index (χ4n) is 0.753. The Morgan fingerprint density at radius 2 is 2.08 bits per heavy atom. The standard InChI is InChI=1S/C9H18O3/c1-5-9(2,3)7(10)6-8(11)12-4/h7,10H,5-6H2,1-4H3/t7-/m0/s1. The summed E-state index contributed by atoms with van der Waals surface area (Å²) in [7, 11) is 1.33. The molecule has 0 aromatic rings. The maximum atomic E-state index is 10.8. The van der Waals surface area contributed by atoms with E-state index in [1.165, 1.54) is 7.11 Å². The van der Waals surface area contributed by atoms with Crippen LogP contribution >= 0.6 is 0 Å². The van der Waals surface area contributed by atoms with Crippen LogP contribution in [0.4, 0.5) is 0 Å². The summed E-state index contributed by atoms with van der Waals surface area (Å²) in [5.74, 6) is -0.357. The van der Waals surface area contributed by atoms with Gasteiger partial charge in [0, 0.05) is 0 Å². The largest absolute Gasteiger partial charge is 0.469 e. The lowest BCUT2D eigenvalue weighted by atomic mass is 9.82. The SMILES string of the molecule is CCC(C)(C)[C@@H](O)CC(=O)OC. The minimum atomic E-state index is -0.616. The zero-order valence-electron chi connectivity index (χ0n) is 8.26. The van der Waals surface area contributed by atoms with Gasteiger partial charge < -0.3 is 9.84 Å². The van der Waals surface area contributed by atoms with Crippen molar-refractivity contribution in [1.29, 1.82) is 0 Å². The number of hydrogen-bond acceptors (Lipinski definition) is 3. The molecule has 0 heterocycles. The van der Waals surface area contributed by atoms with E-state index in [-0.39, 0.29) is 17.8 Å². The Labute approximate surface area is 73.7 Å². The maximum absolute atomic E-state index is 10.8. The van der Waals surface area contributed by atoms with Gasteiger partial charge in [-0.1, -0.05) is 20.8 Å². The van der Waals surface area contributed by atoms with Crippen LogP contribution < -0.4 is 0 Å². The van der Waals surface area contributed by atoms with E-state index < -0.39 is 6.10 Å². The predicted octanol–water partition coefficient (Wildman–Crippen LogP) is 1.35. The molecule has 0 aromatic carbocycles. The van der Waals surface area contributed by atoms with Gasteiger partial charge in [-0.3, -0.25) is 4.79 Å². The van der Waals surface area contributed by atoms with Gasteiger partial charge in [0.15, 0.2) is 0 Å². The molecule has 0 saturated carbocycles. The summed E-state index contributed by atoms with van der Waals surface area (Å²) in [6.45, 7) is 5.85. The third kappa shape index (κ3) is 3.22. The molecule has 0 fully saturated rings. The normalized spacial score (nSPS) is 14.1. The van der Waals surface area contributed by atoms with Crippen LogP contribution in [-0.4, -0.2) is 24.3 Å². The summed E-state index contributed by atoms with van der Waals surface area (Å²) >= 11 is 0. The molecule has 0 aliphatic rings. The molecule has 0 spiro atoms. The molecule has 0 aliphatic heterocycles. The van der Waals surface area contributed by atoms with Crippen LogP contribution in [0.3, 0.4) is 0 Å². The molecule has 0 saturated heterocycles. The number of esters is 1. The van der Waals surface area contributed by atoms with E-state index in [2.05, 4.69) is 4.74 Å². The van der Waals surface area contributed by atoms with Crippen LogP contribution in [0.15, 0.2) is 0 Å². The summed E-state index contributed by atoms with van der Waals surface area (Å²) < 4.78 is 4.46. The highest BCUT2D eigenvalue weighted by molar-refractivity contribution is 5.69. The molecule has 0 aromatic heterocycles. The number of carbonyl (C=O) groups excluding carboxylic acids is 1. The molecule has 0 aliphatic carbocycles. The summed E-state index contributed by atoms with van der Waals surface area (Å²) in [5.41, 5.74) is -0.214. The highest BCUT2D eigenvalue weighted by atomic mass is 16.5. The fraction of sp³-hybridized carbons (Fsp3) is 0.889. The lowest BCUT2D eigenvalue weighted by molar-refractivity contribution is -0.144. The average Bonchev–Trinajstić information content (AvgIpc) is 2.04. The molecule has 1 N–H and O–H groups in total. The van der Waals surface area contributed by atoms with Crippen molar-refractivity contribution in [1.82, 2.24) is 0 Å². The number of aliphatic hydroxyl groups is 1. The Morgan fingerprint density at radius 1 is 1.58 bits per heavy atom. The maximum Gasteiger partial charge on any atom is 0.308 e. The Morgan fingerprint density at radius 3 is 2.42 bits per heavy atom. The fourth-order valence-corrected chi connectivity index (χ4v) is 0.753. The second kappa shape index (κ2) is 4.45. The molecule has 1 atom stereocenters. The van der Waals surface area contributed by atoms with Crippen LogP contribution in [0.2, 0.25) is 0 Å².